The summed E-state index contributed by atoms with van der Waals surface area (Å²) in [7, 11) is 0. The third-order valence-electron chi connectivity index (χ3n) is 3.81. The van der Waals surface area contributed by atoms with Crippen LogP contribution in [0.25, 0.3) is 0 Å². The van der Waals surface area contributed by atoms with E-state index < -0.39 is 6.10 Å². The Morgan fingerprint density at radius 2 is 1.88 bits per heavy atom. The molecule has 0 N–H and O–H groups in total. The van der Waals surface area contributed by atoms with E-state index in [1.54, 1.807) is 13.1 Å². The maximum absolute atomic E-state index is 12.5. The number of nitrogens with zero attached hydrogens (tertiary/aromatic N) is 2. The average Bonchev–Trinajstić information content (AvgIpc) is 2.93. The van der Waals surface area contributed by atoms with Crippen LogP contribution in [0.1, 0.15) is 34.4 Å². The van der Waals surface area contributed by atoms with Crippen molar-refractivity contribution in [3.8, 4) is 0 Å². The van der Waals surface area contributed by atoms with Crippen LogP contribution in [0.15, 0.2) is 59.3 Å². The van der Waals surface area contributed by atoms with Crippen LogP contribution < -0.4 is 0 Å². The van der Waals surface area contributed by atoms with Crippen LogP contribution in [-0.2, 0) is 16.0 Å². The molecule has 3 aromatic rings. The summed E-state index contributed by atoms with van der Waals surface area (Å²) in [5.41, 5.74) is 3.05. The molecule has 0 aliphatic heterocycles. The molecule has 0 radical (unpaired) electrons. The van der Waals surface area contributed by atoms with Crippen molar-refractivity contribution in [1.29, 1.82) is 0 Å². The van der Waals surface area contributed by atoms with Crippen LogP contribution in [-0.4, -0.2) is 16.1 Å². The Bertz CT molecular complexity index is 754. The first kappa shape index (κ1) is 15.9. The Morgan fingerprint density at radius 3 is 2.50 bits per heavy atom. The topological polar surface area (TPSA) is 65.2 Å². The van der Waals surface area contributed by atoms with Crippen molar-refractivity contribution in [3.05, 3.63) is 83.0 Å². The van der Waals surface area contributed by atoms with Gasteiger partial charge in [0.1, 0.15) is 5.76 Å². The zero-order chi connectivity index (χ0) is 16.9. The number of benzene rings is 1. The number of rotatable bonds is 5. The minimum atomic E-state index is -0.541. The van der Waals surface area contributed by atoms with Crippen molar-refractivity contribution in [2.75, 3.05) is 0 Å². The van der Waals surface area contributed by atoms with Crippen molar-refractivity contribution < 1.29 is 14.1 Å². The molecule has 0 spiro atoms. The number of hydrogen-bond donors (Lipinski definition) is 0. The van der Waals surface area contributed by atoms with Gasteiger partial charge in [-0.1, -0.05) is 41.6 Å². The smallest absolute Gasteiger partial charge is 0.311 e. The molecule has 2 heterocycles. The predicted molar refractivity (Wildman–Crippen MR) is 88.3 cm³/mol. The Hall–Kier alpha value is -2.95. The molecular formula is C19H18N2O3. The van der Waals surface area contributed by atoms with Gasteiger partial charge in [-0.25, -0.2) is 0 Å². The van der Waals surface area contributed by atoms with Gasteiger partial charge in [-0.3, -0.25) is 9.78 Å². The minimum absolute atomic E-state index is 0.122. The summed E-state index contributed by atoms with van der Waals surface area (Å²) >= 11 is 0. The van der Waals surface area contributed by atoms with E-state index in [1.165, 1.54) is 0 Å². The third-order valence-corrected chi connectivity index (χ3v) is 3.81. The summed E-state index contributed by atoms with van der Waals surface area (Å²) in [6, 6.07) is 15.1. The van der Waals surface area contributed by atoms with Crippen molar-refractivity contribution in [3.63, 3.8) is 0 Å². The number of aryl methyl sites for hydroxylation is 2. The molecule has 3 rings (SSSR count). The average molecular weight is 322 g/mol. The monoisotopic (exact) mass is 322 g/mol. The molecule has 0 aliphatic carbocycles. The number of pyridine rings is 1. The number of hydrogen-bond acceptors (Lipinski definition) is 5. The first-order valence-electron chi connectivity index (χ1n) is 7.72. The van der Waals surface area contributed by atoms with E-state index in [9.17, 15) is 4.79 Å². The molecule has 24 heavy (non-hydrogen) atoms. The molecule has 5 nitrogen and oxygen atoms in total. The lowest BCUT2D eigenvalue weighted by Crippen LogP contribution is -2.16. The highest BCUT2D eigenvalue weighted by atomic mass is 16.5. The fraction of sp³-hybridized carbons (Fsp3) is 0.211. The van der Waals surface area contributed by atoms with Crippen molar-refractivity contribution in [2.24, 2.45) is 0 Å². The van der Waals surface area contributed by atoms with Gasteiger partial charge in [-0.15, -0.1) is 0 Å². The van der Waals surface area contributed by atoms with Crippen LogP contribution in [0.5, 0.6) is 0 Å². The van der Waals surface area contributed by atoms with Crippen LogP contribution in [0, 0.1) is 13.8 Å². The van der Waals surface area contributed by atoms with Gasteiger partial charge in [0.05, 0.1) is 17.8 Å². The molecule has 5 heteroatoms. The fourth-order valence-electron chi connectivity index (χ4n) is 2.53. The second-order valence-corrected chi connectivity index (χ2v) is 5.51. The van der Waals surface area contributed by atoms with Gasteiger partial charge < -0.3 is 9.26 Å². The van der Waals surface area contributed by atoms with Gasteiger partial charge in [0, 0.05) is 11.8 Å². The molecule has 0 saturated carbocycles. The predicted octanol–water partition coefficient (Wildman–Crippen LogP) is 3.56. The SMILES string of the molecule is Cc1noc(C)c1CC(=O)O[C@@H](c1ccccc1)c1ccccn1. The Labute approximate surface area is 140 Å². The summed E-state index contributed by atoms with van der Waals surface area (Å²) in [6.07, 6.45) is 1.27. The van der Waals surface area contributed by atoms with Crippen LogP contribution in [0.2, 0.25) is 0 Å². The van der Waals surface area contributed by atoms with Crippen LogP contribution in [0.4, 0.5) is 0 Å². The lowest BCUT2D eigenvalue weighted by Gasteiger charge is -2.18. The molecular weight excluding hydrogens is 304 g/mol. The zero-order valence-electron chi connectivity index (χ0n) is 13.6. The molecule has 1 atom stereocenters. The Kier molecular flexibility index (Phi) is 4.70. The molecule has 0 unspecified atom stereocenters. The van der Waals surface area contributed by atoms with Crippen LogP contribution in [0.3, 0.4) is 0 Å². The zero-order valence-corrected chi connectivity index (χ0v) is 13.6. The summed E-state index contributed by atoms with van der Waals surface area (Å²) in [6.45, 7) is 3.60. The van der Waals surface area contributed by atoms with Gasteiger partial charge >= 0.3 is 5.97 Å². The first-order valence-corrected chi connectivity index (χ1v) is 7.72. The van der Waals surface area contributed by atoms with Crippen molar-refractivity contribution in [2.45, 2.75) is 26.4 Å². The number of ether oxygens (including phenoxy) is 1. The molecule has 0 bridgehead atoms. The van der Waals surface area contributed by atoms with E-state index in [-0.39, 0.29) is 12.4 Å². The van der Waals surface area contributed by atoms with Gasteiger partial charge in [0.15, 0.2) is 6.10 Å². The number of carbonyl (C=O) groups is 1. The Morgan fingerprint density at radius 1 is 1.12 bits per heavy atom. The summed E-state index contributed by atoms with van der Waals surface area (Å²) in [5, 5.41) is 3.87. The van der Waals surface area contributed by atoms with E-state index in [2.05, 4.69) is 10.1 Å². The summed E-state index contributed by atoms with van der Waals surface area (Å²) in [4.78, 5) is 16.8. The number of esters is 1. The molecule has 0 amide bonds. The normalized spacial score (nSPS) is 11.9. The van der Waals surface area contributed by atoms with E-state index >= 15 is 0 Å². The minimum Gasteiger partial charge on any atom is -0.451 e. The summed E-state index contributed by atoms with van der Waals surface area (Å²) < 4.78 is 10.8. The van der Waals surface area contributed by atoms with Crippen molar-refractivity contribution in [1.82, 2.24) is 10.1 Å². The second-order valence-electron chi connectivity index (χ2n) is 5.51. The largest absolute Gasteiger partial charge is 0.451 e. The maximum atomic E-state index is 12.5. The molecule has 0 saturated heterocycles. The van der Waals surface area contributed by atoms with E-state index in [1.807, 2.05) is 55.5 Å². The molecule has 0 fully saturated rings. The Balaban J connectivity index is 1.83. The molecule has 122 valence electrons. The van der Waals surface area contributed by atoms with E-state index in [4.69, 9.17) is 9.26 Å². The highest BCUT2D eigenvalue weighted by Gasteiger charge is 2.22. The highest BCUT2D eigenvalue weighted by molar-refractivity contribution is 5.73. The summed E-state index contributed by atoms with van der Waals surface area (Å²) in [5.74, 6) is 0.294. The molecule has 2 aromatic heterocycles. The standard InChI is InChI=1S/C19H18N2O3/c1-13-16(14(2)24-21-13)12-18(22)23-19(15-8-4-3-5-9-15)17-10-6-7-11-20-17/h3-11,19H,12H2,1-2H3/t19-/m0/s1. The fourth-order valence-corrected chi connectivity index (χ4v) is 2.53. The van der Waals surface area contributed by atoms with Crippen molar-refractivity contribution >= 4 is 5.97 Å². The van der Waals surface area contributed by atoms with Gasteiger partial charge in [-0.2, -0.15) is 0 Å². The number of aromatic nitrogens is 2. The van der Waals surface area contributed by atoms with Crippen LogP contribution >= 0.6 is 0 Å². The van der Waals surface area contributed by atoms with E-state index in [0.717, 1.165) is 11.1 Å². The lowest BCUT2D eigenvalue weighted by atomic mass is 10.1. The quantitative estimate of drug-likeness (QED) is 0.672. The first-order chi connectivity index (χ1) is 11.6. The lowest BCUT2D eigenvalue weighted by molar-refractivity contribution is -0.146. The second kappa shape index (κ2) is 7.08. The number of carbonyl (C=O) groups excluding carboxylic acids is 1. The maximum Gasteiger partial charge on any atom is 0.311 e. The van der Waals surface area contributed by atoms with E-state index in [0.29, 0.717) is 17.1 Å². The van der Waals surface area contributed by atoms with Gasteiger partial charge in [0.2, 0.25) is 0 Å². The third kappa shape index (κ3) is 3.51. The van der Waals surface area contributed by atoms with Gasteiger partial charge in [0.25, 0.3) is 0 Å². The highest BCUT2D eigenvalue weighted by Crippen LogP contribution is 2.25. The van der Waals surface area contributed by atoms with Gasteiger partial charge in [-0.05, 0) is 31.5 Å². The molecule has 0 aliphatic rings. The molecule has 1 aromatic carbocycles.